The molecule has 0 saturated heterocycles. The quantitative estimate of drug-likeness (QED) is 0.857. The average Bonchev–Trinajstić information content (AvgIpc) is 2.30. The summed E-state index contributed by atoms with van der Waals surface area (Å²) < 4.78 is 0. The number of carbonyl (C=O) groups is 1. The van der Waals surface area contributed by atoms with Crippen molar-refractivity contribution in [2.45, 2.75) is 13.3 Å². The molecule has 0 atom stereocenters. The Morgan fingerprint density at radius 2 is 2.12 bits per heavy atom. The lowest BCUT2D eigenvalue weighted by Crippen LogP contribution is -2.32. The highest BCUT2D eigenvalue weighted by Gasteiger charge is 2.15. The molecular weight excluding hydrogens is 224 g/mol. The van der Waals surface area contributed by atoms with E-state index in [-0.39, 0.29) is 5.91 Å². The fourth-order valence-corrected chi connectivity index (χ4v) is 1.71. The predicted molar refractivity (Wildman–Crippen MR) is 66.7 cm³/mol. The van der Waals surface area contributed by atoms with Crippen molar-refractivity contribution in [3.63, 3.8) is 0 Å². The molecule has 0 heterocycles. The number of hydrogen-bond acceptors (Lipinski definition) is 2. The zero-order chi connectivity index (χ0) is 12.0. The van der Waals surface area contributed by atoms with E-state index in [1.165, 1.54) is 0 Å². The standard InChI is InChI=1S/C12H17ClN2O/c1-2-15(9-5-8-14)12(16)10-6-3-4-7-11(10)13/h3-4,6-7H,2,5,8-9,14H2,1H3. The number of benzene rings is 1. The molecule has 1 aromatic rings. The van der Waals surface area contributed by atoms with Crippen LogP contribution in [0.25, 0.3) is 0 Å². The van der Waals surface area contributed by atoms with E-state index in [1.807, 2.05) is 19.1 Å². The van der Waals surface area contributed by atoms with Gasteiger partial charge in [0, 0.05) is 13.1 Å². The Morgan fingerprint density at radius 1 is 1.44 bits per heavy atom. The largest absolute Gasteiger partial charge is 0.339 e. The van der Waals surface area contributed by atoms with Crippen molar-refractivity contribution in [1.29, 1.82) is 0 Å². The normalized spacial score (nSPS) is 10.2. The molecule has 0 bridgehead atoms. The third kappa shape index (κ3) is 3.22. The molecule has 0 aromatic heterocycles. The number of hydrogen-bond donors (Lipinski definition) is 1. The maximum absolute atomic E-state index is 12.1. The Labute approximate surface area is 101 Å². The molecule has 2 N–H and O–H groups in total. The third-order valence-electron chi connectivity index (χ3n) is 2.41. The Bertz CT molecular complexity index is 355. The Kier molecular flexibility index (Phi) is 5.29. The topological polar surface area (TPSA) is 46.3 Å². The Hall–Kier alpha value is -1.06. The monoisotopic (exact) mass is 240 g/mol. The van der Waals surface area contributed by atoms with Gasteiger partial charge in [0.25, 0.3) is 5.91 Å². The van der Waals surface area contributed by atoms with Gasteiger partial charge in [0.05, 0.1) is 10.6 Å². The van der Waals surface area contributed by atoms with Crippen molar-refractivity contribution in [1.82, 2.24) is 4.90 Å². The van der Waals surface area contributed by atoms with Gasteiger partial charge in [-0.15, -0.1) is 0 Å². The summed E-state index contributed by atoms with van der Waals surface area (Å²) in [4.78, 5) is 13.9. The van der Waals surface area contributed by atoms with Crippen molar-refractivity contribution in [2.24, 2.45) is 5.73 Å². The second-order valence-corrected chi connectivity index (χ2v) is 3.91. The number of rotatable bonds is 5. The highest BCUT2D eigenvalue weighted by molar-refractivity contribution is 6.33. The van der Waals surface area contributed by atoms with Crippen LogP contribution in [-0.2, 0) is 0 Å². The summed E-state index contributed by atoms with van der Waals surface area (Å²) >= 11 is 5.98. The minimum Gasteiger partial charge on any atom is -0.339 e. The molecule has 0 saturated carbocycles. The predicted octanol–water partition coefficient (Wildman–Crippen LogP) is 2.15. The van der Waals surface area contributed by atoms with E-state index >= 15 is 0 Å². The van der Waals surface area contributed by atoms with E-state index in [0.717, 1.165) is 6.42 Å². The summed E-state index contributed by atoms with van der Waals surface area (Å²) in [7, 11) is 0. The molecule has 1 amide bonds. The second-order valence-electron chi connectivity index (χ2n) is 3.51. The fraction of sp³-hybridized carbons (Fsp3) is 0.417. The highest BCUT2D eigenvalue weighted by Crippen LogP contribution is 2.17. The summed E-state index contributed by atoms with van der Waals surface area (Å²) in [5.41, 5.74) is 5.99. The summed E-state index contributed by atoms with van der Waals surface area (Å²) in [6.45, 7) is 3.89. The van der Waals surface area contributed by atoms with Crippen LogP contribution in [0.2, 0.25) is 5.02 Å². The maximum Gasteiger partial charge on any atom is 0.255 e. The first-order valence-corrected chi connectivity index (χ1v) is 5.82. The lowest BCUT2D eigenvalue weighted by molar-refractivity contribution is 0.0764. The van der Waals surface area contributed by atoms with Crippen LogP contribution in [0.5, 0.6) is 0 Å². The minimum absolute atomic E-state index is 0.0263. The Balaban J connectivity index is 2.79. The molecule has 0 unspecified atom stereocenters. The first-order chi connectivity index (χ1) is 7.70. The molecule has 3 nitrogen and oxygen atoms in total. The van der Waals surface area contributed by atoms with E-state index in [0.29, 0.717) is 30.2 Å². The summed E-state index contributed by atoms with van der Waals surface area (Å²) in [5, 5.41) is 0.499. The third-order valence-corrected chi connectivity index (χ3v) is 2.73. The molecule has 4 heteroatoms. The fourth-order valence-electron chi connectivity index (χ4n) is 1.49. The van der Waals surface area contributed by atoms with Crippen molar-refractivity contribution >= 4 is 17.5 Å². The number of halogens is 1. The van der Waals surface area contributed by atoms with E-state index in [2.05, 4.69) is 0 Å². The smallest absolute Gasteiger partial charge is 0.255 e. The van der Waals surface area contributed by atoms with Gasteiger partial charge in [-0.1, -0.05) is 23.7 Å². The van der Waals surface area contributed by atoms with Crippen LogP contribution in [0.1, 0.15) is 23.7 Å². The first-order valence-electron chi connectivity index (χ1n) is 5.44. The van der Waals surface area contributed by atoms with Gasteiger partial charge in [0.1, 0.15) is 0 Å². The van der Waals surface area contributed by atoms with E-state index in [9.17, 15) is 4.79 Å². The number of nitrogens with zero attached hydrogens (tertiary/aromatic N) is 1. The average molecular weight is 241 g/mol. The lowest BCUT2D eigenvalue weighted by Gasteiger charge is -2.21. The van der Waals surface area contributed by atoms with Crippen LogP contribution in [0, 0.1) is 0 Å². The van der Waals surface area contributed by atoms with Crippen LogP contribution in [0.3, 0.4) is 0 Å². The number of carbonyl (C=O) groups excluding carboxylic acids is 1. The van der Waals surface area contributed by atoms with Crippen LogP contribution in [-0.4, -0.2) is 30.4 Å². The van der Waals surface area contributed by atoms with Crippen molar-refractivity contribution in [3.05, 3.63) is 34.9 Å². The van der Waals surface area contributed by atoms with Gasteiger partial charge in [-0.3, -0.25) is 4.79 Å². The number of amides is 1. The number of nitrogens with two attached hydrogens (primary N) is 1. The van der Waals surface area contributed by atoms with Crippen LogP contribution < -0.4 is 5.73 Å². The van der Waals surface area contributed by atoms with E-state index < -0.39 is 0 Å². The Morgan fingerprint density at radius 3 is 2.69 bits per heavy atom. The molecule has 88 valence electrons. The summed E-state index contributed by atoms with van der Waals surface area (Å²) in [6.07, 6.45) is 0.810. The van der Waals surface area contributed by atoms with Gasteiger partial charge in [-0.05, 0) is 32.0 Å². The maximum atomic E-state index is 12.1. The molecule has 0 aliphatic carbocycles. The minimum atomic E-state index is -0.0263. The van der Waals surface area contributed by atoms with Gasteiger partial charge >= 0.3 is 0 Å². The molecule has 16 heavy (non-hydrogen) atoms. The van der Waals surface area contributed by atoms with Crippen molar-refractivity contribution in [2.75, 3.05) is 19.6 Å². The van der Waals surface area contributed by atoms with Crippen LogP contribution >= 0.6 is 11.6 Å². The van der Waals surface area contributed by atoms with Crippen molar-refractivity contribution in [3.8, 4) is 0 Å². The highest BCUT2D eigenvalue weighted by atomic mass is 35.5. The second kappa shape index (κ2) is 6.51. The molecular formula is C12H17ClN2O. The van der Waals surface area contributed by atoms with Gasteiger partial charge < -0.3 is 10.6 Å². The van der Waals surface area contributed by atoms with Crippen molar-refractivity contribution < 1.29 is 4.79 Å². The molecule has 1 rings (SSSR count). The van der Waals surface area contributed by atoms with Gasteiger partial charge in [-0.2, -0.15) is 0 Å². The molecule has 1 aromatic carbocycles. The molecule has 0 radical (unpaired) electrons. The van der Waals surface area contributed by atoms with Gasteiger partial charge in [-0.25, -0.2) is 0 Å². The summed E-state index contributed by atoms with van der Waals surface area (Å²) in [5.74, 6) is -0.0263. The zero-order valence-corrected chi connectivity index (χ0v) is 10.2. The van der Waals surface area contributed by atoms with E-state index in [4.69, 9.17) is 17.3 Å². The molecule has 0 spiro atoms. The van der Waals surface area contributed by atoms with Crippen LogP contribution in [0.4, 0.5) is 0 Å². The van der Waals surface area contributed by atoms with Gasteiger partial charge in [0.15, 0.2) is 0 Å². The van der Waals surface area contributed by atoms with E-state index in [1.54, 1.807) is 17.0 Å². The lowest BCUT2D eigenvalue weighted by atomic mass is 10.2. The molecule has 0 aliphatic heterocycles. The summed E-state index contributed by atoms with van der Waals surface area (Å²) in [6, 6.07) is 7.10. The SMILES string of the molecule is CCN(CCCN)C(=O)c1ccccc1Cl. The van der Waals surface area contributed by atoms with Gasteiger partial charge in [0.2, 0.25) is 0 Å². The molecule has 0 fully saturated rings. The first kappa shape index (κ1) is 13.0. The van der Waals surface area contributed by atoms with Crippen LogP contribution in [0.15, 0.2) is 24.3 Å². The zero-order valence-electron chi connectivity index (χ0n) is 9.45. The molecule has 0 aliphatic rings.